The van der Waals surface area contributed by atoms with Gasteiger partial charge >= 0.3 is 5.97 Å². The predicted octanol–water partition coefficient (Wildman–Crippen LogP) is 0.619. The first-order valence-corrected chi connectivity index (χ1v) is 5.40. The van der Waals surface area contributed by atoms with E-state index in [-0.39, 0.29) is 18.3 Å². The highest BCUT2D eigenvalue weighted by Crippen LogP contribution is 2.10. The Bertz CT molecular complexity index is 545. The van der Waals surface area contributed by atoms with E-state index in [1.54, 1.807) is 0 Å². The van der Waals surface area contributed by atoms with Crippen molar-refractivity contribution in [3.8, 4) is 0 Å². The second-order valence-electron chi connectivity index (χ2n) is 3.96. The molecule has 8 heteroatoms. The molecule has 2 aromatic rings. The molecule has 0 bridgehead atoms. The van der Waals surface area contributed by atoms with Gasteiger partial charge in [-0.25, -0.2) is 14.5 Å². The Morgan fingerprint density at radius 2 is 2.33 bits per heavy atom. The summed E-state index contributed by atoms with van der Waals surface area (Å²) in [7, 11) is 1.27. The van der Waals surface area contributed by atoms with Gasteiger partial charge < -0.3 is 9.26 Å². The third kappa shape index (κ3) is 2.53. The minimum absolute atomic E-state index is 0.00102. The second kappa shape index (κ2) is 4.94. The summed E-state index contributed by atoms with van der Waals surface area (Å²) >= 11 is 0. The number of esters is 1. The SMILES string of the molecule is COC(=O)c1ncn(Cc2nc(C(C)C)no2)n1. The molecule has 0 saturated heterocycles. The average molecular weight is 251 g/mol. The van der Waals surface area contributed by atoms with Crippen LogP contribution < -0.4 is 0 Å². The smallest absolute Gasteiger partial charge is 0.377 e. The number of ether oxygens (including phenoxy) is 1. The molecule has 0 aromatic carbocycles. The third-order valence-corrected chi connectivity index (χ3v) is 2.20. The van der Waals surface area contributed by atoms with Crippen molar-refractivity contribution in [1.29, 1.82) is 0 Å². The van der Waals surface area contributed by atoms with Gasteiger partial charge in [-0.15, -0.1) is 5.10 Å². The number of aromatic nitrogens is 5. The molecular formula is C10H13N5O3. The Morgan fingerprint density at radius 1 is 1.56 bits per heavy atom. The number of carbonyl (C=O) groups excluding carboxylic acids is 1. The van der Waals surface area contributed by atoms with Gasteiger partial charge in [-0.2, -0.15) is 4.98 Å². The molecule has 2 rings (SSSR count). The molecule has 18 heavy (non-hydrogen) atoms. The van der Waals surface area contributed by atoms with Crippen LogP contribution in [0.1, 0.15) is 42.1 Å². The molecule has 96 valence electrons. The maximum Gasteiger partial charge on any atom is 0.377 e. The lowest BCUT2D eigenvalue weighted by Crippen LogP contribution is -2.06. The van der Waals surface area contributed by atoms with Crippen molar-refractivity contribution >= 4 is 5.97 Å². The summed E-state index contributed by atoms with van der Waals surface area (Å²) < 4.78 is 11.0. The zero-order chi connectivity index (χ0) is 13.1. The number of carbonyl (C=O) groups is 1. The van der Waals surface area contributed by atoms with Crippen LogP contribution in [0, 0.1) is 0 Å². The fourth-order valence-corrected chi connectivity index (χ4v) is 1.26. The van der Waals surface area contributed by atoms with Gasteiger partial charge in [0.05, 0.1) is 7.11 Å². The van der Waals surface area contributed by atoms with Gasteiger partial charge in [0.15, 0.2) is 5.82 Å². The predicted molar refractivity (Wildman–Crippen MR) is 58.9 cm³/mol. The lowest BCUT2D eigenvalue weighted by atomic mass is 10.2. The van der Waals surface area contributed by atoms with Crippen molar-refractivity contribution in [1.82, 2.24) is 24.9 Å². The second-order valence-corrected chi connectivity index (χ2v) is 3.96. The Kier molecular flexibility index (Phi) is 3.35. The molecule has 0 saturated carbocycles. The molecule has 0 aliphatic heterocycles. The van der Waals surface area contributed by atoms with Gasteiger partial charge in [0.25, 0.3) is 5.82 Å². The van der Waals surface area contributed by atoms with E-state index in [0.717, 1.165) is 0 Å². The minimum Gasteiger partial charge on any atom is -0.463 e. The van der Waals surface area contributed by atoms with Gasteiger partial charge in [-0.3, -0.25) is 0 Å². The molecule has 0 spiro atoms. The molecule has 0 amide bonds. The molecule has 0 atom stereocenters. The first-order chi connectivity index (χ1) is 8.60. The summed E-state index contributed by atoms with van der Waals surface area (Å²) in [6, 6.07) is 0. The van der Waals surface area contributed by atoms with Crippen molar-refractivity contribution < 1.29 is 14.1 Å². The number of hydrogen-bond acceptors (Lipinski definition) is 7. The van der Waals surface area contributed by atoms with Gasteiger partial charge in [-0.1, -0.05) is 19.0 Å². The molecule has 8 nitrogen and oxygen atoms in total. The van der Waals surface area contributed by atoms with Crippen molar-refractivity contribution in [2.45, 2.75) is 26.3 Å². The highest BCUT2D eigenvalue weighted by Gasteiger charge is 2.14. The summed E-state index contributed by atoms with van der Waals surface area (Å²) in [6.07, 6.45) is 1.41. The number of methoxy groups -OCH3 is 1. The van der Waals surface area contributed by atoms with Crippen LogP contribution in [-0.2, 0) is 11.3 Å². The van der Waals surface area contributed by atoms with Crippen LogP contribution >= 0.6 is 0 Å². The zero-order valence-corrected chi connectivity index (χ0v) is 10.3. The molecule has 0 unspecified atom stereocenters. The van der Waals surface area contributed by atoms with E-state index in [4.69, 9.17) is 4.52 Å². The highest BCUT2D eigenvalue weighted by molar-refractivity contribution is 5.84. The summed E-state index contributed by atoms with van der Waals surface area (Å²) in [5.41, 5.74) is 0. The molecule has 2 heterocycles. The molecule has 0 radical (unpaired) electrons. The molecule has 0 aliphatic carbocycles. The van der Waals surface area contributed by atoms with E-state index < -0.39 is 5.97 Å². The first-order valence-electron chi connectivity index (χ1n) is 5.40. The Morgan fingerprint density at radius 3 is 2.94 bits per heavy atom. The topological polar surface area (TPSA) is 95.9 Å². The normalized spacial score (nSPS) is 10.9. The van der Waals surface area contributed by atoms with E-state index in [1.807, 2.05) is 13.8 Å². The minimum atomic E-state index is -0.581. The van der Waals surface area contributed by atoms with Crippen LogP contribution in [0.3, 0.4) is 0 Å². The Balaban J connectivity index is 2.08. The maximum absolute atomic E-state index is 11.2. The van der Waals surface area contributed by atoms with Crippen LogP contribution in [0.5, 0.6) is 0 Å². The Labute approximate surface area is 103 Å². The van der Waals surface area contributed by atoms with Crippen molar-refractivity contribution in [2.24, 2.45) is 0 Å². The van der Waals surface area contributed by atoms with Crippen molar-refractivity contribution in [3.05, 3.63) is 23.9 Å². The van der Waals surface area contributed by atoms with Gasteiger partial charge in [-0.05, 0) is 0 Å². The summed E-state index contributed by atoms with van der Waals surface area (Å²) in [5, 5.41) is 7.76. The van der Waals surface area contributed by atoms with E-state index in [1.165, 1.54) is 18.1 Å². The fraction of sp³-hybridized carbons (Fsp3) is 0.500. The summed E-state index contributed by atoms with van der Waals surface area (Å²) in [6.45, 7) is 4.21. The van der Waals surface area contributed by atoms with E-state index in [2.05, 4.69) is 25.0 Å². The average Bonchev–Trinajstić information content (AvgIpc) is 2.98. The fourth-order valence-electron chi connectivity index (χ4n) is 1.26. The van der Waals surface area contributed by atoms with Crippen LogP contribution in [0.15, 0.2) is 10.9 Å². The summed E-state index contributed by atoms with van der Waals surface area (Å²) in [5.74, 6) is 0.672. The van der Waals surface area contributed by atoms with Crippen LogP contribution in [0.25, 0.3) is 0 Å². The largest absolute Gasteiger partial charge is 0.463 e. The van der Waals surface area contributed by atoms with Gasteiger partial charge in [0.1, 0.15) is 12.9 Å². The van der Waals surface area contributed by atoms with Crippen LogP contribution in [0.4, 0.5) is 0 Å². The quantitative estimate of drug-likeness (QED) is 0.735. The van der Waals surface area contributed by atoms with Crippen LogP contribution in [0.2, 0.25) is 0 Å². The number of rotatable bonds is 4. The van der Waals surface area contributed by atoms with Crippen LogP contribution in [-0.4, -0.2) is 38.0 Å². The third-order valence-electron chi connectivity index (χ3n) is 2.20. The molecule has 0 aliphatic rings. The monoisotopic (exact) mass is 251 g/mol. The van der Waals surface area contributed by atoms with E-state index in [9.17, 15) is 4.79 Å². The molecule has 0 N–H and O–H groups in total. The van der Waals surface area contributed by atoms with Gasteiger partial charge in [0.2, 0.25) is 5.89 Å². The molecule has 0 fully saturated rings. The van der Waals surface area contributed by atoms with E-state index in [0.29, 0.717) is 11.7 Å². The number of hydrogen-bond donors (Lipinski definition) is 0. The number of nitrogens with zero attached hydrogens (tertiary/aromatic N) is 5. The van der Waals surface area contributed by atoms with Crippen molar-refractivity contribution in [2.75, 3.05) is 7.11 Å². The standard InChI is InChI=1S/C10H13N5O3/c1-6(2)8-12-7(18-14-8)4-15-5-11-9(13-15)10(16)17-3/h5-6H,4H2,1-3H3. The summed E-state index contributed by atoms with van der Waals surface area (Å²) in [4.78, 5) is 19.2. The Hall–Kier alpha value is -2.25. The molecular weight excluding hydrogens is 238 g/mol. The molecule has 2 aromatic heterocycles. The highest BCUT2D eigenvalue weighted by atomic mass is 16.5. The lowest BCUT2D eigenvalue weighted by Gasteiger charge is -1.94. The maximum atomic E-state index is 11.2. The van der Waals surface area contributed by atoms with Gasteiger partial charge in [0, 0.05) is 5.92 Å². The first kappa shape index (κ1) is 12.2. The van der Waals surface area contributed by atoms with Crippen molar-refractivity contribution in [3.63, 3.8) is 0 Å². The van der Waals surface area contributed by atoms with E-state index >= 15 is 0 Å². The lowest BCUT2D eigenvalue weighted by molar-refractivity contribution is 0.0586. The zero-order valence-electron chi connectivity index (χ0n) is 10.3.